The summed E-state index contributed by atoms with van der Waals surface area (Å²) in [7, 11) is -0.977. The number of nitrogens with zero attached hydrogens (tertiary/aromatic N) is 1. The quantitative estimate of drug-likeness (QED) is 0.779. The molecule has 0 aliphatic heterocycles. The Morgan fingerprint density at radius 2 is 2.00 bits per heavy atom. The minimum absolute atomic E-state index is 0.153. The second-order valence-corrected chi connectivity index (χ2v) is 7.28. The van der Waals surface area contributed by atoms with Gasteiger partial charge >= 0.3 is 0 Å². The van der Waals surface area contributed by atoms with E-state index in [-0.39, 0.29) is 17.5 Å². The number of nitrogens with two attached hydrogens (primary N) is 1. The highest BCUT2D eigenvalue weighted by Gasteiger charge is 2.15. The molecule has 4 nitrogen and oxygen atoms in total. The number of nitrogen functional groups attached to an aromatic ring is 1. The second-order valence-electron chi connectivity index (χ2n) is 4.98. The molecule has 1 aromatic carbocycles. The van der Waals surface area contributed by atoms with Gasteiger partial charge in [0.2, 0.25) is 0 Å². The van der Waals surface area contributed by atoms with Crippen LogP contribution in [-0.2, 0) is 9.84 Å². The van der Waals surface area contributed by atoms with Crippen LogP contribution < -0.4 is 5.73 Å². The maximum absolute atomic E-state index is 11.7. The van der Waals surface area contributed by atoms with Crippen LogP contribution in [0.5, 0.6) is 0 Å². The molecule has 0 spiro atoms. The molecular weight excluding hydrogens is 260 g/mol. The average molecular weight is 284 g/mol. The molecule has 1 aromatic rings. The molecule has 5 heteroatoms. The molecule has 0 bridgehead atoms. The van der Waals surface area contributed by atoms with Crippen molar-refractivity contribution in [2.75, 3.05) is 30.8 Å². The van der Waals surface area contributed by atoms with E-state index in [1.165, 1.54) is 0 Å². The first kappa shape index (κ1) is 16.0. The summed E-state index contributed by atoms with van der Waals surface area (Å²) in [5.41, 5.74) is 7.60. The molecule has 0 aliphatic rings. The fourth-order valence-corrected chi connectivity index (χ4v) is 3.36. The highest BCUT2D eigenvalue weighted by Crippen LogP contribution is 2.20. The minimum atomic E-state index is -2.92. The normalized spacial score (nSPS) is 13.7. The van der Waals surface area contributed by atoms with Crippen LogP contribution in [0.2, 0.25) is 0 Å². The van der Waals surface area contributed by atoms with E-state index < -0.39 is 9.84 Å². The van der Waals surface area contributed by atoms with E-state index in [1.807, 2.05) is 43.1 Å². The van der Waals surface area contributed by atoms with Gasteiger partial charge in [0.25, 0.3) is 0 Å². The molecule has 0 fully saturated rings. The van der Waals surface area contributed by atoms with Crippen LogP contribution in [0.1, 0.15) is 31.9 Å². The molecular formula is C14H24N2O2S. The Kier molecular flexibility index (Phi) is 5.82. The molecule has 0 radical (unpaired) electrons. The minimum Gasteiger partial charge on any atom is -0.399 e. The Labute approximate surface area is 116 Å². The smallest absolute Gasteiger partial charge is 0.151 e. The summed E-state index contributed by atoms with van der Waals surface area (Å²) in [6, 6.07) is 7.87. The lowest BCUT2D eigenvalue weighted by atomic mass is 10.1. The molecule has 0 aliphatic carbocycles. The molecule has 0 heterocycles. The average Bonchev–Trinajstić information content (AvgIpc) is 2.35. The van der Waals surface area contributed by atoms with Crippen molar-refractivity contribution in [2.24, 2.45) is 0 Å². The first-order valence-corrected chi connectivity index (χ1v) is 8.44. The summed E-state index contributed by atoms with van der Waals surface area (Å²) in [6.45, 7) is 4.48. The van der Waals surface area contributed by atoms with Crippen LogP contribution >= 0.6 is 0 Å². The SMILES string of the molecule is CCCS(=O)(=O)CCN(C)C(C)c1cccc(N)c1. The topological polar surface area (TPSA) is 63.4 Å². The second kappa shape index (κ2) is 6.91. The van der Waals surface area contributed by atoms with E-state index in [4.69, 9.17) is 5.73 Å². The van der Waals surface area contributed by atoms with Crippen LogP contribution in [0.25, 0.3) is 0 Å². The highest BCUT2D eigenvalue weighted by atomic mass is 32.2. The first-order valence-electron chi connectivity index (χ1n) is 6.62. The molecule has 0 saturated heterocycles. The van der Waals surface area contributed by atoms with Gasteiger partial charge in [0.05, 0.1) is 5.75 Å². The van der Waals surface area contributed by atoms with E-state index in [0.29, 0.717) is 13.0 Å². The van der Waals surface area contributed by atoms with Crippen LogP contribution in [-0.4, -0.2) is 38.4 Å². The van der Waals surface area contributed by atoms with Gasteiger partial charge in [-0.15, -0.1) is 0 Å². The third kappa shape index (κ3) is 5.20. The van der Waals surface area contributed by atoms with E-state index in [9.17, 15) is 8.42 Å². The molecule has 1 rings (SSSR count). The molecule has 0 saturated carbocycles. The van der Waals surface area contributed by atoms with E-state index in [0.717, 1.165) is 11.3 Å². The van der Waals surface area contributed by atoms with Gasteiger partial charge in [-0.1, -0.05) is 19.1 Å². The van der Waals surface area contributed by atoms with Crippen LogP contribution in [0.4, 0.5) is 5.69 Å². The van der Waals surface area contributed by atoms with Gasteiger partial charge in [0.15, 0.2) is 9.84 Å². The molecule has 1 atom stereocenters. The number of sulfone groups is 1. The summed E-state index contributed by atoms with van der Waals surface area (Å²) in [5.74, 6) is 0.484. The molecule has 0 amide bonds. The van der Waals surface area contributed by atoms with Gasteiger partial charge in [-0.05, 0) is 38.1 Å². The van der Waals surface area contributed by atoms with E-state index in [2.05, 4.69) is 6.92 Å². The van der Waals surface area contributed by atoms with E-state index >= 15 is 0 Å². The third-order valence-corrected chi connectivity index (χ3v) is 5.16. The van der Waals surface area contributed by atoms with Crippen LogP contribution in [0.15, 0.2) is 24.3 Å². The Morgan fingerprint density at radius 3 is 2.58 bits per heavy atom. The lowest BCUT2D eigenvalue weighted by molar-refractivity contribution is 0.276. The molecule has 2 N–H and O–H groups in total. The van der Waals surface area contributed by atoms with Crippen LogP contribution in [0, 0.1) is 0 Å². The Morgan fingerprint density at radius 1 is 1.32 bits per heavy atom. The predicted octanol–water partition coefficient (Wildman–Crippen LogP) is 2.09. The fraction of sp³-hybridized carbons (Fsp3) is 0.571. The fourth-order valence-electron chi connectivity index (χ4n) is 1.96. The van der Waals surface area contributed by atoms with Crippen molar-refractivity contribution in [1.29, 1.82) is 0 Å². The first-order chi connectivity index (χ1) is 8.85. The zero-order valence-electron chi connectivity index (χ0n) is 12.0. The van der Waals surface area contributed by atoms with Crippen molar-refractivity contribution < 1.29 is 8.42 Å². The maximum atomic E-state index is 11.7. The van der Waals surface area contributed by atoms with Crippen molar-refractivity contribution in [3.8, 4) is 0 Å². The highest BCUT2D eigenvalue weighted by molar-refractivity contribution is 7.91. The molecule has 19 heavy (non-hydrogen) atoms. The number of hydrogen-bond donors (Lipinski definition) is 1. The largest absolute Gasteiger partial charge is 0.399 e. The monoisotopic (exact) mass is 284 g/mol. The van der Waals surface area contributed by atoms with Crippen molar-refractivity contribution >= 4 is 15.5 Å². The molecule has 0 aromatic heterocycles. The number of anilines is 1. The summed E-state index contributed by atoms with van der Waals surface area (Å²) >= 11 is 0. The van der Waals surface area contributed by atoms with Gasteiger partial charge in [-0.3, -0.25) is 4.90 Å². The van der Waals surface area contributed by atoms with Gasteiger partial charge in [-0.2, -0.15) is 0 Å². The lowest BCUT2D eigenvalue weighted by Crippen LogP contribution is -2.29. The molecule has 1 unspecified atom stereocenters. The summed E-state index contributed by atoms with van der Waals surface area (Å²) in [5, 5.41) is 0. The van der Waals surface area contributed by atoms with Gasteiger partial charge in [-0.25, -0.2) is 8.42 Å². The van der Waals surface area contributed by atoms with Gasteiger partial charge in [0, 0.05) is 24.0 Å². The summed E-state index contributed by atoms with van der Waals surface area (Å²) in [6.07, 6.45) is 0.677. The Bertz CT molecular complexity index is 500. The Hall–Kier alpha value is -1.07. The number of hydrogen-bond acceptors (Lipinski definition) is 4. The van der Waals surface area contributed by atoms with Crippen LogP contribution in [0.3, 0.4) is 0 Å². The van der Waals surface area contributed by atoms with Crippen molar-refractivity contribution in [2.45, 2.75) is 26.3 Å². The van der Waals surface area contributed by atoms with Crippen molar-refractivity contribution in [1.82, 2.24) is 4.90 Å². The maximum Gasteiger partial charge on any atom is 0.151 e. The number of benzene rings is 1. The zero-order chi connectivity index (χ0) is 14.5. The Balaban J connectivity index is 2.61. The van der Waals surface area contributed by atoms with Gasteiger partial charge < -0.3 is 5.73 Å². The summed E-state index contributed by atoms with van der Waals surface area (Å²) < 4.78 is 23.4. The van der Waals surface area contributed by atoms with E-state index in [1.54, 1.807) is 0 Å². The lowest BCUT2D eigenvalue weighted by Gasteiger charge is -2.25. The van der Waals surface area contributed by atoms with Crippen molar-refractivity contribution in [3.63, 3.8) is 0 Å². The predicted molar refractivity (Wildman–Crippen MR) is 80.8 cm³/mol. The summed E-state index contributed by atoms with van der Waals surface area (Å²) in [4.78, 5) is 2.04. The third-order valence-electron chi connectivity index (χ3n) is 3.32. The van der Waals surface area contributed by atoms with Crippen molar-refractivity contribution in [3.05, 3.63) is 29.8 Å². The number of rotatable bonds is 7. The standard InChI is InChI=1S/C14H24N2O2S/c1-4-9-19(17,18)10-8-16(3)12(2)13-6-5-7-14(15)11-13/h5-7,11-12H,4,8-10,15H2,1-3H3. The van der Waals surface area contributed by atoms with Gasteiger partial charge in [0.1, 0.15) is 0 Å². The molecule has 108 valence electrons. The zero-order valence-corrected chi connectivity index (χ0v) is 12.8.